The zero-order chi connectivity index (χ0) is 20.8. The van der Waals surface area contributed by atoms with Crippen molar-refractivity contribution in [2.75, 3.05) is 16.0 Å². The van der Waals surface area contributed by atoms with Gasteiger partial charge in [-0.15, -0.1) is 0 Å². The smallest absolute Gasteiger partial charge is 0.255 e. The predicted molar refractivity (Wildman–Crippen MR) is 109 cm³/mol. The Balaban J connectivity index is 1.72. The second-order valence-electron chi connectivity index (χ2n) is 6.26. The van der Waals surface area contributed by atoms with Crippen molar-refractivity contribution in [3.63, 3.8) is 0 Å². The SMILES string of the molecule is CC(=O)Nc1cccc(NC(=O)c2cccc(C(=O)Nc3cccc(F)c3)c2)c1. The van der Waals surface area contributed by atoms with Crippen LogP contribution in [0.1, 0.15) is 27.6 Å². The fraction of sp³-hybridized carbons (Fsp3) is 0.0455. The van der Waals surface area contributed by atoms with Crippen molar-refractivity contribution in [1.29, 1.82) is 0 Å². The molecule has 0 radical (unpaired) electrons. The number of carbonyl (C=O) groups excluding carboxylic acids is 3. The summed E-state index contributed by atoms with van der Waals surface area (Å²) in [6, 6.07) is 18.4. The molecule has 0 heterocycles. The first-order valence-electron chi connectivity index (χ1n) is 8.77. The van der Waals surface area contributed by atoms with Crippen LogP contribution in [0.5, 0.6) is 0 Å². The highest BCUT2D eigenvalue weighted by molar-refractivity contribution is 6.08. The highest BCUT2D eigenvalue weighted by Gasteiger charge is 2.12. The molecule has 3 aromatic carbocycles. The Kier molecular flexibility index (Phi) is 5.99. The van der Waals surface area contributed by atoms with Gasteiger partial charge in [0, 0.05) is 35.1 Å². The van der Waals surface area contributed by atoms with Crippen molar-refractivity contribution in [3.05, 3.63) is 89.7 Å². The Morgan fingerprint density at radius 1 is 0.655 bits per heavy atom. The molecule has 29 heavy (non-hydrogen) atoms. The van der Waals surface area contributed by atoms with E-state index in [9.17, 15) is 18.8 Å². The fourth-order valence-corrected chi connectivity index (χ4v) is 2.65. The minimum Gasteiger partial charge on any atom is -0.326 e. The van der Waals surface area contributed by atoms with E-state index in [2.05, 4.69) is 16.0 Å². The second kappa shape index (κ2) is 8.79. The zero-order valence-electron chi connectivity index (χ0n) is 15.5. The zero-order valence-corrected chi connectivity index (χ0v) is 15.5. The number of nitrogens with one attached hydrogen (secondary N) is 3. The number of halogens is 1. The first kappa shape index (κ1) is 19.8. The lowest BCUT2D eigenvalue weighted by atomic mass is 10.1. The third-order valence-electron chi connectivity index (χ3n) is 3.91. The summed E-state index contributed by atoms with van der Waals surface area (Å²) in [5.74, 6) is -1.55. The van der Waals surface area contributed by atoms with Gasteiger partial charge < -0.3 is 16.0 Å². The summed E-state index contributed by atoms with van der Waals surface area (Å²) in [5.41, 5.74) is 1.91. The minimum atomic E-state index is -0.461. The fourth-order valence-electron chi connectivity index (χ4n) is 2.65. The third kappa shape index (κ3) is 5.49. The molecule has 0 unspecified atom stereocenters. The van der Waals surface area contributed by atoms with E-state index in [0.29, 0.717) is 17.1 Å². The molecule has 0 fully saturated rings. The summed E-state index contributed by atoms with van der Waals surface area (Å²) in [7, 11) is 0. The molecule has 0 spiro atoms. The van der Waals surface area contributed by atoms with Gasteiger partial charge in [0.2, 0.25) is 5.91 Å². The van der Waals surface area contributed by atoms with Crippen LogP contribution in [-0.2, 0) is 4.79 Å². The number of amides is 3. The van der Waals surface area contributed by atoms with Crippen LogP contribution in [-0.4, -0.2) is 17.7 Å². The number of anilines is 3. The van der Waals surface area contributed by atoms with E-state index in [1.807, 2.05) is 0 Å². The van der Waals surface area contributed by atoms with Crippen LogP contribution in [0.3, 0.4) is 0 Å². The number of rotatable bonds is 5. The van der Waals surface area contributed by atoms with Gasteiger partial charge in [0.15, 0.2) is 0 Å². The predicted octanol–water partition coefficient (Wildman–Crippen LogP) is 4.29. The Bertz CT molecular complexity index is 1080. The minimum absolute atomic E-state index is 0.217. The maximum absolute atomic E-state index is 13.3. The molecule has 6 nitrogen and oxygen atoms in total. The van der Waals surface area contributed by atoms with Gasteiger partial charge in [-0.2, -0.15) is 0 Å². The quantitative estimate of drug-likeness (QED) is 0.606. The van der Waals surface area contributed by atoms with Crippen molar-refractivity contribution in [1.82, 2.24) is 0 Å². The molecule has 0 aromatic heterocycles. The molecule has 146 valence electrons. The van der Waals surface area contributed by atoms with Gasteiger partial charge in [-0.1, -0.05) is 18.2 Å². The molecule has 0 bridgehead atoms. The van der Waals surface area contributed by atoms with Crippen molar-refractivity contribution in [2.24, 2.45) is 0 Å². The molecule has 0 saturated carbocycles. The molecule has 0 aliphatic rings. The van der Waals surface area contributed by atoms with Crippen LogP contribution in [0.15, 0.2) is 72.8 Å². The Morgan fingerprint density at radius 2 is 1.14 bits per heavy atom. The van der Waals surface area contributed by atoms with Crippen LogP contribution in [0.2, 0.25) is 0 Å². The molecule has 3 N–H and O–H groups in total. The number of hydrogen-bond acceptors (Lipinski definition) is 3. The van der Waals surface area contributed by atoms with Gasteiger partial charge in [-0.25, -0.2) is 4.39 Å². The molecule has 0 aliphatic carbocycles. The lowest BCUT2D eigenvalue weighted by Crippen LogP contribution is -2.16. The highest BCUT2D eigenvalue weighted by atomic mass is 19.1. The molecule has 7 heteroatoms. The molecule has 0 saturated heterocycles. The van der Waals surface area contributed by atoms with E-state index in [1.54, 1.807) is 48.5 Å². The molecule has 3 aromatic rings. The lowest BCUT2D eigenvalue weighted by Gasteiger charge is -2.09. The summed E-state index contributed by atoms with van der Waals surface area (Å²) in [5, 5.41) is 7.95. The van der Waals surface area contributed by atoms with Crippen LogP contribution < -0.4 is 16.0 Å². The molecule has 3 rings (SSSR count). The average Bonchev–Trinajstić information content (AvgIpc) is 2.68. The van der Waals surface area contributed by atoms with Crippen molar-refractivity contribution < 1.29 is 18.8 Å². The Labute approximate surface area is 166 Å². The third-order valence-corrected chi connectivity index (χ3v) is 3.91. The average molecular weight is 391 g/mol. The van der Waals surface area contributed by atoms with Crippen LogP contribution >= 0.6 is 0 Å². The summed E-state index contributed by atoms with van der Waals surface area (Å²) < 4.78 is 13.3. The van der Waals surface area contributed by atoms with Gasteiger partial charge in [-0.3, -0.25) is 14.4 Å². The summed E-state index contributed by atoms with van der Waals surface area (Å²) >= 11 is 0. The molecular weight excluding hydrogens is 373 g/mol. The van der Waals surface area contributed by atoms with Crippen LogP contribution in [0.4, 0.5) is 21.5 Å². The van der Waals surface area contributed by atoms with Gasteiger partial charge in [0.1, 0.15) is 5.82 Å². The van der Waals surface area contributed by atoms with E-state index in [4.69, 9.17) is 0 Å². The monoisotopic (exact) mass is 391 g/mol. The normalized spacial score (nSPS) is 10.1. The van der Waals surface area contributed by atoms with Crippen molar-refractivity contribution in [2.45, 2.75) is 6.92 Å². The Hall–Kier alpha value is -4.00. The molecule has 0 aliphatic heterocycles. The standard InChI is InChI=1S/C22H18FN3O3/c1-14(27)24-19-9-4-10-20(13-19)26-22(29)16-6-2-5-15(11-16)21(28)25-18-8-3-7-17(23)12-18/h2-13H,1H3,(H,24,27)(H,25,28)(H,26,29). The number of benzene rings is 3. The number of carbonyl (C=O) groups is 3. The van der Waals surface area contributed by atoms with Gasteiger partial charge in [-0.05, 0) is 54.6 Å². The summed E-state index contributed by atoms with van der Waals surface area (Å²) in [6.07, 6.45) is 0. The maximum atomic E-state index is 13.3. The second-order valence-corrected chi connectivity index (χ2v) is 6.26. The topological polar surface area (TPSA) is 87.3 Å². The first-order valence-corrected chi connectivity index (χ1v) is 8.77. The van der Waals surface area contributed by atoms with Crippen molar-refractivity contribution in [3.8, 4) is 0 Å². The molecule has 0 atom stereocenters. The highest BCUT2D eigenvalue weighted by Crippen LogP contribution is 2.17. The molecular formula is C22H18FN3O3. The van der Waals surface area contributed by atoms with E-state index in [0.717, 1.165) is 0 Å². The summed E-state index contributed by atoms with van der Waals surface area (Å²) in [6.45, 7) is 1.39. The Morgan fingerprint density at radius 3 is 1.69 bits per heavy atom. The van der Waals surface area contributed by atoms with E-state index >= 15 is 0 Å². The van der Waals surface area contributed by atoms with Gasteiger partial charge >= 0.3 is 0 Å². The lowest BCUT2D eigenvalue weighted by molar-refractivity contribution is -0.114. The van der Waals surface area contributed by atoms with E-state index < -0.39 is 17.6 Å². The van der Waals surface area contributed by atoms with Crippen LogP contribution in [0, 0.1) is 5.82 Å². The van der Waals surface area contributed by atoms with Crippen molar-refractivity contribution >= 4 is 34.8 Å². The van der Waals surface area contributed by atoms with Gasteiger partial charge in [0.25, 0.3) is 11.8 Å². The maximum Gasteiger partial charge on any atom is 0.255 e. The van der Waals surface area contributed by atoms with E-state index in [1.165, 1.54) is 31.2 Å². The van der Waals surface area contributed by atoms with Gasteiger partial charge in [0.05, 0.1) is 0 Å². The van der Waals surface area contributed by atoms with E-state index in [-0.39, 0.29) is 17.0 Å². The largest absolute Gasteiger partial charge is 0.326 e. The first-order chi connectivity index (χ1) is 13.9. The number of hydrogen-bond donors (Lipinski definition) is 3. The summed E-state index contributed by atoms with van der Waals surface area (Å²) in [4.78, 5) is 36.1. The molecule has 3 amide bonds. The van der Waals surface area contributed by atoms with Crippen LogP contribution in [0.25, 0.3) is 0 Å².